The predicted octanol–water partition coefficient (Wildman–Crippen LogP) is 2.58. The zero-order valence-corrected chi connectivity index (χ0v) is 9.63. The summed E-state index contributed by atoms with van der Waals surface area (Å²) in [5.41, 5.74) is -0.0447. The molecule has 0 spiro atoms. The van der Waals surface area contributed by atoms with Crippen LogP contribution in [0.15, 0.2) is 0 Å². The maximum atomic E-state index is 11.0. The smallest absolute Gasteiger partial charge is 0.303 e. The summed E-state index contributed by atoms with van der Waals surface area (Å²) in [6.07, 6.45) is 1.82. The Kier molecular flexibility index (Phi) is 5.15. The van der Waals surface area contributed by atoms with Crippen LogP contribution in [0.1, 0.15) is 33.6 Å². The second-order valence-corrected chi connectivity index (χ2v) is 5.00. The maximum absolute atomic E-state index is 11.0. The Labute approximate surface area is 79.9 Å². The van der Waals surface area contributed by atoms with Crippen molar-refractivity contribution in [2.45, 2.75) is 33.6 Å². The standard InChI is InChI=1S/C8H19O4P/c1-5-8(3,6-2)7-12-13(9,10)11-4/h5-7H2,1-4H3,(H,9,10). The van der Waals surface area contributed by atoms with Crippen LogP contribution in [0.3, 0.4) is 0 Å². The van der Waals surface area contributed by atoms with Crippen LogP contribution in [0.5, 0.6) is 0 Å². The first kappa shape index (κ1) is 13.1. The number of hydrogen-bond donors (Lipinski definition) is 1. The molecule has 0 aliphatic rings. The molecule has 0 aromatic carbocycles. The minimum Gasteiger partial charge on any atom is -0.303 e. The molecule has 1 N–H and O–H groups in total. The Morgan fingerprint density at radius 1 is 1.38 bits per heavy atom. The van der Waals surface area contributed by atoms with Crippen molar-refractivity contribution in [2.75, 3.05) is 13.7 Å². The Bertz CT molecular complexity index is 189. The van der Waals surface area contributed by atoms with Gasteiger partial charge in [0.1, 0.15) is 0 Å². The van der Waals surface area contributed by atoms with Crippen molar-refractivity contribution < 1.29 is 18.5 Å². The molecule has 0 radical (unpaired) electrons. The lowest BCUT2D eigenvalue weighted by Crippen LogP contribution is -2.20. The van der Waals surface area contributed by atoms with Gasteiger partial charge in [0.25, 0.3) is 0 Å². The van der Waals surface area contributed by atoms with Crippen LogP contribution >= 0.6 is 7.82 Å². The summed E-state index contributed by atoms with van der Waals surface area (Å²) in [5, 5.41) is 0. The molecule has 0 aliphatic heterocycles. The van der Waals surface area contributed by atoms with Gasteiger partial charge < -0.3 is 4.89 Å². The van der Waals surface area contributed by atoms with E-state index < -0.39 is 7.82 Å². The molecule has 0 fully saturated rings. The molecule has 0 bridgehead atoms. The Morgan fingerprint density at radius 3 is 2.15 bits per heavy atom. The van der Waals surface area contributed by atoms with E-state index in [9.17, 15) is 4.57 Å². The zero-order valence-electron chi connectivity index (χ0n) is 8.74. The van der Waals surface area contributed by atoms with Crippen LogP contribution in [0, 0.1) is 5.41 Å². The Hall–Kier alpha value is 0.110. The molecular weight excluding hydrogens is 191 g/mol. The second kappa shape index (κ2) is 5.11. The van der Waals surface area contributed by atoms with Crippen molar-refractivity contribution in [2.24, 2.45) is 5.41 Å². The van der Waals surface area contributed by atoms with Crippen molar-refractivity contribution in [3.63, 3.8) is 0 Å². The van der Waals surface area contributed by atoms with Gasteiger partial charge in [0.2, 0.25) is 0 Å². The van der Waals surface area contributed by atoms with Crippen molar-refractivity contribution in [3.05, 3.63) is 0 Å². The molecule has 80 valence electrons. The van der Waals surface area contributed by atoms with Crippen molar-refractivity contribution in [3.8, 4) is 0 Å². The average molecular weight is 210 g/mol. The third kappa shape index (κ3) is 4.77. The first-order chi connectivity index (χ1) is 5.89. The van der Waals surface area contributed by atoms with E-state index in [0.717, 1.165) is 20.0 Å². The fraction of sp³-hybridized carbons (Fsp3) is 1.00. The summed E-state index contributed by atoms with van der Waals surface area (Å²) in [6.45, 7) is 6.33. The molecule has 13 heavy (non-hydrogen) atoms. The van der Waals surface area contributed by atoms with Crippen molar-refractivity contribution >= 4 is 7.82 Å². The lowest BCUT2D eigenvalue weighted by atomic mass is 9.86. The van der Waals surface area contributed by atoms with Gasteiger partial charge in [0.05, 0.1) is 6.61 Å². The van der Waals surface area contributed by atoms with E-state index in [4.69, 9.17) is 9.42 Å². The van der Waals surface area contributed by atoms with Gasteiger partial charge in [-0.1, -0.05) is 20.8 Å². The van der Waals surface area contributed by atoms with Crippen molar-refractivity contribution in [1.82, 2.24) is 0 Å². The fourth-order valence-corrected chi connectivity index (χ4v) is 1.32. The van der Waals surface area contributed by atoms with Gasteiger partial charge in [-0.25, -0.2) is 4.57 Å². The summed E-state index contributed by atoms with van der Waals surface area (Å²) in [5.74, 6) is 0. The minimum atomic E-state index is -3.80. The Balaban J connectivity index is 4.07. The van der Waals surface area contributed by atoms with E-state index in [-0.39, 0.29) is 12.0 Å². The normalized spacial score (nSPS) is 17.0. The molecule has 0 saturated carbocycles. The highest BCUT2D eigenvalue weighted by atomic mass is 31.2. The summed E-state index contributed by atoms with van der Waals surface area (Å²) in [4.78, 5) is 8.99. The average Bonchev–Trinajstić information content (AvgIpc) is 2.14. The van der Waals surface area contributed by atoms with Crippen LogP contribution in [-0.2, 0) is 13.6 Å². The third-order valence-corrected chi connectivity index (χ3v) is 3.43. The van der Waals surface area contributed by atoms with Gasteiger partial charge >= 0.3 is 7.82 Å². The monoisotopic (exact) mass is 210 g/mol. The summed E-state index contributed by atoms with van der Waals surface area (Å²) in [6, 6.07) is 0. The molecule has 1 atom stereocenters. The summed E-state index contributed by atoms with van der Waals surface area (Å²) >= 11 is 0. The van der Waals surface area contributed by atoms with Crippen LogP contribution in [0.4, 0.5) is 0 Å². The fourth-order valence-electron chi connectivity index (χ4n) is 0.744. The zero-order chi connectivity index (χ0) is 10.5. The highest BCUT2D eigenvalue weighted by Gasteiger charge is 2.26. The van der Waals surface area contributed by atoms with E-state index in [1.807, 2.05) is 20.8 Å². The molecule has 0 aliphatic carbocycles. The number of hydrogen-bond acceptors (Lipinski definition) is 3. The first-order valence-electron chi connectivity index (χ1n) is 4.42. The quantitative estimate of drug-likeness (QED) is 0.684. The van der Waals surface area contributed by atoms with Gasteiger partial charge in [0, 0.05) is 7.11 Å². The van der Waals surface area contributed by atoms with Gasteiger partial charge in [-0.05, 0) is 18.3 Å². The highest BCUT2D eigenvalue weighted by molar-refractivity contribution is 7.47. The number of phosphoric acid groups is 1. The van der Waals surface area contributed by atoms with Gasteiger partial charge in [-0.15, -0.1) is 0 Å². The highest BCUT2D eigenvalue weighted by Crippen LogP contribution is 2.44. The molecule has 0 rings (SSSR count). The maximum Gasteiger partial charge on any atom is 0.471 e. The van der Waals surface area contributed by atoms with E-state index in [1.54, 1.807) is 0 Å². The Morgan fingerprint density at radius 2 is 1.85 bits per heavy atom. The van der Waals surface area contributed by atoms with Crippen LogP contribution in [0.2, 0.25) is 0 Å². The third-order valence-electron chi connectivity index (χ3n) is 2.51. The molecule has 0 heterocycles. The van der Waals surface area contributed by atoms with Crippen LogP contribution in [-0.4, -0.2) is 18.6 Å². The number of rotatable bonds is 6. The molecule has 0 amide bonds. The van der Waals surface area contributed by atoms with Crippen LogP contribution < -0.4 is 0 Å². The van der Waals surface area contributed by atoms with E-state index in [0.29, 0.717) is 0 Å². The van der Waals surface area contributed by atoms with Gasteiger partial charge in [-0.2, -0.15) is 0 Å². The van der Waals surface area contributed by atoms with E-state index in [2.05, 4.69) is 4.52 Å². The molecular formula is C8H19O4P. The molecule has 5 heteroatoms. The van der Waals surface area contributed by atoms with Gasteiger partial charge in [0.15, 0.2) is 0 Å². The summed E-state index contributed by atoms with van der Waals surface area (Å²) < 4.78 is 20.1. The first-order valence-corrected chi connectivity index (χ1v) is 5.91. The van der Waals surface area contributed by atoms with Crippen molar-refractivity contribution in [1.29, 1.82) is 0 Å². The molecule has 0 saturated heterocycles. The summed E-state index contributed by atoms with van der Waals surface area (Å²) in [7, 11) is -2.63. The lowest BCUT2D eigenvalue weighted by molar-refractivity contribution is 0.102. The SMILES string of the molecule is CCC(C)(CC)COP(=O)(O)OC. The molecule has 1 unspecified atom stereocenters. The second-order valence-electron chi connectivity index (χ2n) is 3.44. The lowest BCUT2D eigenvalue weighted by Gasteiger charge is -2.26. The van der Waals surface area contributed by atoms with Gasteiger partial charge in [-0.3, -0.25) is 9.05 Å². The molecule has 0 aromatic heterocycles. The van der Waals surface area contributed by atoms with E-state index in [1.165, 1.54) is 0 Å². The topological polar surface area (TPSA) is 55.8 Å². The molecule has 0 aromatic rings. The predicted molar refractivity (Wildman–Crippen MR) is 51.5 cm³/mol. The molecule has 4 nitrogen and oxygen atoms in total. The minimum absolute atomic E-state index is 0.0447. The van der Waals surface area contributed by atoms with E-state index >= 15 is 0 Å². The van der Waals surface area contributed by atoms with Crippen LogP contribution in [0.25, 0.3) is 0 Å². The largest absolute Gasteiger partial charge is 0.471 e. The number of phosphoric ester groups is 1.